The van der Waals surface area contributed by atoms with Crippen molar-refractivity contribution >= 4 is 16.9 Å². The lowest BCUT2D eigenvalue weighted by Gasteiger charge is -2.04. The molecule has 1 N–H and O–H groups in total. The maximum Gasteiger partial charge on any atom is 0.343 e. The molecular formula is C17H14N2O3. The molecule has 110 valence electrons. The van der Waals surface area contributed by atoms with Crippen molar-refractivity contribution in [3.05, 3.63) is 75.8 Å². The zero-order chi connectivity index (χ0) is 15.5. The van der Waals surface area contributed by atoms with Gasteiger partial charge in [-0.15, -0.1) is 0 Å². The number of rotatable bonds is 3. The quantitative estimate of drug-likeness (QED) is 0.752. The lowest BCUT2D eigenvalue weighted by atomic mass is 10.1. The standard InChI is InChI=1S/C17H14N2O3/c1-22-17(21)14-9-8-13(19-16(14)20)10-12-7-6-11-4-2-3-5-15(11)18-12/h2-9H,10H2,1H3,(H,19,20). The van der Waals surface area contributed by atoms with Gasteiger partial charge in [-0.2, -0.15) is 0 Å². The molecule has 0 aliphatic carbocycles. The second-order valence-electron chi connectivity index (χ2n) is 4.89. The van der Waals surface area contributed by atoms with Crippen molar-refractivity contribution < 1.29 is 9.53 Å². The number of carbonyl (C=O) groups is 1. The number of H-pyrrole nitrogens is 1. The first kappa shape index (κ1) is 14.0. The van der Waals surface area contributed by atoms with E-state index in [1.165, 1.54) is 13.2 Å². The molecule has 0 fully saturated rings. The van der Waals surface area contributed by atoms with Gasteiger partial charge >= 0.3 is 5.97 Å². The number of ether oxygens (including phenoxy) is 1. The lowest BCUT2D eigenvalue weighted by molar-refractivity contribution is 0.0598. The van der Waals surface area contributed by atoms with Crippen molar-refractivity contribution in [2.75, 3.05) is 7.11 Å². The first-order valence-electron chi connectivity index (χ1n) is 6.82. The first-order valence-corrected chi connectivity index (χ1v) is 6.82. The van der Waals surface area contributed by atoms with Gasteiger partial charge in [0.05, 0.1) is 12.6 Å². The molecule has 5 nitrogen and oxygen atoms in total. The highest BCUT2D eigenvalue weighted by Gasteiger charge is 2.11. The van der Waals surface area contributed by atoms with Crippen LogP contribution in [0, 0.1) is 0 Å². The molecule has 3 aromatic rings. The summed E-state index contributed by atoms with van der Waals surface area (Å²) < 4.78 is 4.55. The average molecular weight is 294 g/mol. The van der Waals surface area contributed by atoms with Crippen LogP contribution >= 0.6 is 0 Å². The van der Waals surface area contributed by atoms with Gasteiger partial charge in [0.15, 0.2) is 0 Å². The lowest BCUT2D eigenvalue weighted by Crippen LogP contribution is -2.19. The molecule has 2 heterocycles. The van der Waals surface area contributed by atoms with Gasteiger partial charge in [-0.25, -0.2) is 4.79 Å². The number of esters is 1. The number of benzene rings is 1. The molecule has 0 saturated carbocycles. The van der Waals surface area contributed by atoms with Crippen molar-refractivity contribution in [2.45, 2.75) is 6.42 Å². The third-order valence-electron chi connectivity index (χ3n) is 3.40. The minimum absolute atomic E-state index is 0.00211. The molecule has 0 radical (unpaired) electrons. The van der Waals surface area contributed by atoms with Gasteiger partial charge in [0, 0.05) is 23.2 Å². The number of aromatic amines is 1. The van der Waals surface area contributed by atoms with Crippen LogP contribution in [0.4, 0.5) is 0 Å². The van der Waals surface area contributed by atoms with Gasteiger partial charge in [0.1, 0.15) is 5.56 Å². The zero-order valence-corrected chi connectivity index (χ0v) is 12.0. The molecule has 3 rings (SSSR count). The predicted molar refractivity (Wildman–Crippen MR) is 83.0 cm³/mol. The SMILES string of the molecule is COC(=O)c1ccc(Cc2ccc3ccccc3n2)[nH]c1=O. The van der Waals surface area contributed by atoms with Crippen molar-refractivity contribution in [3.63, 3.8) is 0 Å². The van der Waals surface area contributed by atoms with E-state index in [2.05, 4.69) is 14.7 Å². The molecule has 0 bridgehead atoms. The summed E-state index contributed by atoms with van der Waals surface area (Å²) >= 11 is 0. The molecule has 2 aromatic heterocycles. The smallest absolute Gasteiger partial charge is 0.343 e. The minimum atomic E-state index is -0.642. The molecule has 0 unspecified atom stereocenters. The number of pyridine rings is 2. The number of nitrogens with zero attached hydrogens (tertiary/aromatic N) is 1. The van der Waals surface area contributed by atoms with Gasteiger partial charge in [-0.1, -0.05) is 24.3 Å². The van der Waals surface area contributed by atoms with Crippen molar-refractivity contribution in [2.24, 2.45) is 0 Å². The Morgan fingerprint density at radius 2 is 1.95 bits per heavy atom. The Morgan fingerprint density at radius 3 is 2.73 bits per heavy atom. The predicted octanol–water partition coefficient (Wildman–Crippen LogP) is 2.30. The topological polar surface area (TPSA) is 72.0 Å². The summed E-state index contributed by atoms with van der Waals surface area (Å²) in [4.78, 5) is 30.5. The van der Waals surface area contributed by atoms with Crippen LogP contribution in [0.15, 0.2) is 53.3 Å². The highest BCUT2D eigenvalue weighted by Crippen LogP contribution is 2.13. The Hall–Kier alpha value is -2.95. The summed E-state index contributed by atoms with van der Waals surface area (Å²) in [5, 5.41) is 1.07. The molecule has 0 aliphatic heterocycles. The summed E-state index contributed by atoms with van der Waals surface area (Å²) in [7, 11) is 1.24. The Morgan fingerprint density at radius 1 is 1.14 bits per heavy atom. The largest absolute Gasteiger partial charge is 0.465 e. The van der Waals surface area contributed by atoms with Gasteiger partial charge in [0.25, 0.3) is 5.56 Å². The maximum absolute atomic E-state index is 11.9. The number of nitrogens with one attached hydrogen (secondary N) is 1. The number of fused-ring (bicyclic) bond motifs is 1. The third kappa shape index (κ3) is 2.74. The summed E-state index contributed by atoms with van der Waals surface area (Å²) in [6, 6.07) is 14.9. The summed E-state index contributed by atoms with van der Waals surface area (Å²) in [5.74, 6) is -0.642. The number of hydrogen-bond acceptors (Lipinski definition) is 4. The Bertz CT molecular complexity index is 900. The van der Waals surface area contributed by atoms with Gasteiger partial charge in [-0.3, -0.25) is 9.78 Å². The van der Waals surface area contributed by atoms with E-state index >= 15 is 0 Å². The van der Waals surface area contributed by atoms with Crippen LogP contribution in [0.3, 0.4) is 0 Å². The fourth-order valence-corrected chi connectivity index (χ4v) is 2.29. The second kappa shape index (κ2) is 5.81. The molecule has 0 amide bonds. The van der Waals surface area contributed by atoms with E-state index in [0.717, 1.165) is 16.6 Å². The van der Waals surface area contributed by atoms with Gasteiger partial charge < -0.3 is 9.72 Å². The van der Waals surface area contributed by atoms with E-state index in [-0.39, 0.29) is 5.56 Å². The Balaban J connectivity index is 1.90. The zero-order valence-electron chi connectivity index (χ0n) is 12.0. The van der Waals surface area contributed by atoms with Crippen molar-refractivity contribution in [1.82, 2.24) is 9.97 Å². The van der Waals surface area contributed by atoms with E-state index in [4.69, 9.17) is 0 Å². The summed E-state index contributed by atoms with van der Waals surface area (Å²) in [5.41, 5.74) is 2.00. The van der Waals surface area contributed by atoms with E-state index in [0.29, 0.717) is 12.1 Å². The summed E-state index contributed by atoms with van der Waals surface area (Å²) in [6.45, 7) is 0. The van der Waals surface area contributed by atoms with Crippen LogP contribution in [-0.4, -0.2) is 23.0 Å². The molecule has 0 spiro atoms. The molecule has 1 aromatic carbocycles. The van der Waals surface area contributed by atoms with Crippen LogP contribution in [0.2, 0.25) is 0 Å². The summed E-state index contributed by atoms with van der Waals surface area (Å²) in [6.07, 6.45) is 0.488. The van der Waals surface area contributed by atoms with Gasteiger partial charge in [0.2, 0.25) is 0 Å². The third-order valence-corrected chi connectivity index (χ3v) is 3.40. The van der Waals surface area contributed by atoms with Crippen molar-refractivity contribution in [1.29, 1.82) is 0 Å². The molecule has 0 saturated heterocycles. The monoisotopic (exact) mass is 294 g/mol. The number of para-hydroxylation sites is 1. The van der Waals surface area contributed by atoms with E-state index in [1.807, 2.05) is 36.4 Å². The number of hydrogen-bond donors (Lipinski definition) is 1. The second-order valence-corrected chi connectivity index (χ2v) is 4.89. The average Bonchev–Trinajstić information content (AvgIpc) is 2.54. The fourth-order valence-electron chi connectivity index (χ4n) is 2.29. The number of methoxy groups -OCH3 is 1. The molecule has 22 heavy (non-hydrogen) atoms. The van der Waals surface area contributed by atoms with Crippen molar-refractivity contribution in [3.8, 4) is 0 Å². The highest BCUT2D eigenvalue weighted by atomic mass is 16.5. The van der Waals surface area contributed by atoms with Crippen LogP contribution in [0.25, 0.3) is 10.9 Å². The number of aromatic nitrogens is 2. The van der Waals surface area contributed by atoms with Crippen LogP contribution in [0.1, 0.15) is 21.7 Å². The van der Waals surface area contributed by atoms with Crippen LogP contribution in [-0.2, 0) is 11.2 Å². The first-order chi connectivity index (χ1) is 10.7. The Kier molecular flexibility index (Phi) is 3.70. The van der Waals surface area contributed by atoms with Crippen LogP contribution in [0.5, 0.6) is 0 Å². The normalized spacial score (nSPS) is 10.6. The molecule has 0 aliphatic rings. The minimum Gasteiger partial charge on any atom is -0.465 e. The van der Waals surface area contributed by atoms with Crippen LogP contribution < -0.4 is 5.56 Å². The molecule has 5 heteroatoms. The van der Waals surface area contributed by atoms with E-state index in [9.17, 15) is 9.59 Å². The Labute approximate surface area is 126 Å². The molecule has 0 atom stereocenters. The molecular weight excluding hydrogens is 280 g/mol. The maximum atomic E-state index is 11.9. The number of carbonyl (C=O) groups excluding carboxylic acids is 1. The van der Waals surface area contributed by atoms with E-state index in [1.54, 1.807) is 6.07 Å². The fraction of sp³-hybridized carbons (Fsp3) is 0.118. The highest BCUT2D eigenvalue weighted by molar-refractivity contribution is 5.88. The van der Waals surface area contributed by atoms with Gasteiger partial charge in [-0.05, 0) is 24.3 Å². The van der Waals surface area contributed by atoms with E-state index < -0.39 is 11.5 Å².